The average molecular weight is 389 g/mol. The molecule has 3 heterocycles. The second kappa shape index (κ2) is 8.26. The van der Waals surface area contributed by atoms with Gasteiger partial charge in [-0.1, -0.05) is 19.1 Å². The lowest BCUT2D eigenvalue weighted by molar-refractivity contribution is 0.102. The first-order chi connectivity index (χ1) is 14.1. The van der Waals surface area contributed by atoms with Gasteiger partial charge in [0.05, 0.1) is 11.3 Å². The summed E-state index contributed by atoms with van der Waals surface area (Å²) in [7, 11) is 0. The highest BCUT2D eigenvalue weighted by molar-refractivity contribution is 6.04. The van der Waals surface area contributed by atoms with E-state index in [4.69, 9.17) is 0 Å². The van der Waals surface area contributed by atoms with Crippen molar-refractivity contribution in [2.24, 2.45) is 5.92 Å². The zero-order valence-corrected chi connectivity index (χ0v) is 16.3. The van der Waals surface area contributed by atoms with Crippen LogP contribution < -0.4 is 15.8 Å². The third-order valence-electron chi connectivity index (χ3n) is 5.24. The van der Waals surface area contributed by atoms with Crippen molar-refractivity contribution in [3.05, 3.63) is 70.6 Å². The molecule has 7 nitrogen and oxygen atoms in total. The highest BCUT2D eigenvalue weighted by atomic mass is 16.1. The van der Waals surface area contributed by atoms with Crippen molar-refractivity contribution in [3.63, 3.8) is 0 Å². The number of hydrogen-bond acceptors (Lipinski definition) is 5. The first-order valence-electron chi connectivity index (χ1n) is 9.78. The molecule has 0 atom stereocenters. The molecular weight excluding hydrogens is 366 g/mol. The molecule has 3 aromatic rings. The van der Waals surface area contributed by atoms with E-state index < -0.39 is 0 Å². The second-order valence-electron chi connectivity index (χ2n) is 7.42. The molecule has 1 amide bonds. The van der Waals surface area contributed by atoms with Crippen LogP contribution in [0.1, 0.15) is 30.1 Å². The SMILES string of the molecule is CC1CCN(c2ccc(-c3ccc(NC(=O)c4ccc(=O)[nH]c4)cc3)nn2)CC1. The summed E-state index contributed by atoms with van der Waals surface area (Å²) < 4.78 is 0. The number of anilines is 2. The first-order valence-corrected chi connectivity index (χ1v) is 9.78. The lowest BCUT2D eigenvalue weighted by Gasteiger charge is -2.30. The number of H-pyrrole nitrogens is 1. The molecule has 29 heavy (non-hydrogen) atoms. The van der Waals surface area contributed by atoms with Gasteiger partial charge in [0, 0.05) is 36.6 Å². The molecule has 1 fully saturated rings. The van der Waals surface area contributed by atoms with Gasteiger partial charge in [-0.05, 0) is 49.1 Å². The third-order valence-corrected chi connectivity index (χ3v) is 5.24. The lowest BCUT2D eigenvalue weighted by atomic mass is 9.99. The van der Waals surface area contributed by atoms with E-state index in [9.17, 15) is 9.59 Å². The summed E-state index contributed by atoms with van der Waals surface area (Å²) in [6, 6.07) is 14.2. The van der Waals surface area contributed by atoms with Crippen LogP contribution >= 0.6 is 0 Å². The van der Waals surface area contributed by atoms with Crippen molar-refractivity contribution in [1.82, 2.24) is 15.2 Å². The Morgan fingerprint density at radius 3 is 2.41 bits per heavy atom. The number of carbonyl (C=O) groups excluding carboxylic acids is 1. The molecule has 0 bridgehead atoms. The topological polar surface area (TPSA) is 91.0 Å². The van der Waals surface area contributed by atoms with Gasteiger partial charge in [0.15, 0.2) is 5.82 Å². The van der Waals surface area contributed by atoms with Gasteiger partial charge in [-0.3, -0.25) is 9.59 Å². The number of aromatic amines is 1. The van der Waals surface area contributed by atoms with Gasteiger partial charge in [0.1, 0.15) is 0 Å². The van der Waals surface area contributed by atoms with Crippen LogP contribution in [0.25, 0.3) is 11.3 Å². The van der Waals surface area contributed by atoms with E-state index in [1.165, 1.54) is 31.2 Å². The Morgan fingerprint density at radius 2 is 1.79 bits per heavy atom. The van der Waals surface area contributed by atoms with E-state index >= 15 is 0 Å². The minimum atomic E-state index is -0.283. The first kappa shape index (κ1) is 18.9. The van der Waals surface area contributed by atoms with Crippen LogP contribution in [0.5, 0.6) is 0 Å². The number of pyridine rings is 1. The predicted molar refractivity (Wildman–Crippen MR) is 113 cm³/mol. The Hall–Kier alpha value is -3.48. The number of nitrogens with zero attached hydrogens (tertiary/aromatic N) is 3. The van der Waals surface area contributed by atoms with Crippen LogP contribution in [0.2, 0.25) is 0 Å². The summed E-state index contributed by atoms with van der Waals surface area (Å²) >= 11 is 0. The molecule has 148 valence electrons. The van der Waals surface area contributed by atoms with E-state index in [1.807, 2.05) is 36.4 Å². The Balaban J connectivity index is 1.41. The number of nitrogens with one attached hydrogen (secondary N) is 2. The highest BCUT2D eigenvalue weighted by Gasteiger charge is 2.17. The monoisotopic (exact) mass is 389 g/mol. The van der Waals surface area contributed by atoms with E-state index in [-0.39, 0.29) is 11.5 Å². The second-order valence-corrected chi connectivity index (χ2v) is 7.42. The van der Waals surface area contributed by atoms with Crippen LogP contribution in [0.3, 0.4) is 0 Å². The number of rotatable bonds is 4. The molecule has 1 aliphatic rings. The molecule has 2 aromatic heterocycles. The maximum atomic E-state index is 12.2. The average Bonchev–Trinajstić information content (AvgIpc) is 2.75. The molecule has 1 aromatic carbocycles. The summed E-state index contributed by atoms with van der Waals surface area (Å²) in [4.78, 5) is 28.1. The highest BCUT2D eigenvalue weighted by Crippen LogP contribution is 2.24. The molecule has 7 heteroatoms. The van der Waals surface area contributed by atoms with Crippen LogP contribution in [0.15, 0.2) is 59.5 Å². The Kier molecular flexibility index (Phi) is 5.37. The minimum Gasteiger partial charge on any atom is -0.355 e. The summed E-state index contributed by atoms with van der Waals surface area (Å²) in [6.07, 6.45) is 3.78. The van der Waals surface area contributed by atoms with E-state index in [1.54, 1.807) is 0 Å². The molecule has 4 rings (SSSR count). The Morgan fingerprint density at radius 1 is 1.03 bits per heavy atom. The Bertz CT molecular complexity index is 1020. The fourth-order valence-electron chi connectivity index (χ4n) is 3.36. The van der Waals surface area contributed by atoms with Crippen LogP contribution in [-0.2, 0) is 0 Å². The zero-order valence-electron chi connectivity index (χ0n) is 16.3. The largest absolute Gasteiger partial charge is 0.355 e. The molecule has 0 unspecified atom stereocenters. The molecule has 0 radical (unpaired) electrons. The molecule has 2 N–H and O–H groups in total. The van der Waals surface area contributed by atoms with E-state index in [2.05, 4.69) is 32.3 Å². The van der Waals surface area contributed by atoms with Crippen molar-refractivity contribution in [1.29, 1.82) is 0 Å². The third kappa shape index (κ3) is 4.51. The number of piperidine rings is 1. The molecule has 1 saturated heterocycles. The van der Waals surface area contributed by atoms with Gasteiger partial charge >= 0.3 is 0 Å². The number of carbonyl (C=O) groups is 1. The van der Waals surface area contributed by atoms with Gasteiger partial charge in [-0.15, -0.1) is 10.2 Å². The maximum absolute atomic E-state index is 12.2. The molecular formula is C22H23N5O2. The summed E-state index contributed by atoms with van der Waals surface area (Å²) in [5.41, 5.74) is 2.53. The molecule has 0 aliphatic carbocycles. The normalized spacial score (nSPS) is 14.6. The Labute approximate surface area is 168 Å². The van der Waals surface area contributed by atoms with Crippen molar-refractivity contribution < 1.29 is 4.79 Å². The van der Waals surface area contributed by atoms with Crippen molar-refractivity contribution >= 4 is 17.4 Å². The minimum absolute atomic E-state index is 0.243. The quantitative estimate of drug-likeness (QED) is 0.714. The van der Waals surface area contributed by atoms with Gasteiger partial charge in [-0.25, -0.2) is 0 Å². The molecule has 1 aliphatic heterocycles. The van der Waals surface area contributed by atoms with Crippen molar-refractivity contribution in [2.45, 2.75) is 19.8 Å². The number of benzene rings is 1. The number of hydrogen-bond donors (Lipinski definition) is 2. The molecule has 0 saturated carbocycles. The van der Waals surface area contributed by atoms with Gasteiger partial charge in [0.2, 0.25) is 5.56 Å². The summed E-state index contributed by atoms with van der Waals surface area (Å²) in [5.74, 6) is 1.42. The van der Waals surface area contributed by atoms with Crippen LogP contribution in [-0.4, -0.2) is 34.2 Å². The number of aromatic nitrogens is 3. The van der Waals surface area contributed by atoms with E-state index in [0.29, 0.717) is 11.3 Å². The maximum Gasteiger partial charge on any atom is 0.257 e. The molecule has 0 spiro atoms. The van der Waals surface area contributed by atoms with E-state index in [0.717, 1.165) is 36.1 Å². The van der Waals surface area contributed by atoms with Gasteiger partial charge in [0.25, 0.3) is 5.91 Å². The smallest absolute Gasteiger partial charge is 0.257 e. The van der Waals surface area contributed by atoms with Crippen LogP contribution in [0.4, 0.5) is 11.5 Å². The van der Waals surface area contributed by atoms with Crippen LogP contribution in [0, 0.1) is 5.92 Å². The zero-order chi connectivity index (χ0) is 20.2. The number of amides is 1. The van der Waals surface area contributed by atoms with Crippen molar-refractivity contribution in [3.8, 4) is 11.3 Å². The summed E-state index contributed by atoms with van der Waals surface area (Å²) in [5, 5.41) is 11.6. The lowest BCUT2D eigenvalue weighted by Crippen LogP contribution is -2.33. The van der Waals surface area contributed by atoms with Gasteiger partial charge < -0.3 is 15.2 Å². The standard InChI is InChI=1S/C22H23N5O2/c1-15-10-12-27(13-11-15)20-8-7-19(25-26-20)16-2-5-18(6-3-16)24-22(29)17-4-9-21(28)23-14-17/h2-9,14-15H,10-13H2,1H3,(H,23,28)(H,24,29). The fraction of sp³-hybridized carbons (Fsp3) is 0.273. The van der Waals surface area contributed by atoms with Crippen molar-refractivity contribution in [2.75, 3.05) is 23.3 Å². The predicted octanol–water partition coefficient (Wildman–Crippen LogP) is 3.32. The fourth-order valence-corrected chi connectivity index (χ4v) is 3.36. The van der Waals surface area contributed by atoms with Gasteiger partial charge in [-0.2, -0.15) is 0 Å². The summed E-state index contributed by atoms with van der Waals surface area (Å²) in [6.45, 7) is 4.34.